The van der Waals surface area contributed by atoms with E-state index in [1.165, 1.54) is 4.57 Å². The van der Waals surface area contributed by atoms with Crippen LogP contribution in [-0.2, 0) is 51.2 Å². The average Bonchev–Trinajstić information content (AvgIpc) is 2.97. The Bertz CT molecular complexity index is 1690. The molecule has 0 radical (unpaired) electrons. The Balaban J connectivity index is 0.00000768. The molecule has 0 fully saturated rings. The highest BCUT2D eigenvalue weighted by Crippen LogP contribution is 2.28. The van der Waals surface area contributed by atoms with Crippen molar-refractivity contribution >= 4 is 34.9 Å². The molecule has 0 aliphatic carbocycles. The first-order chi connectivity index (χ1) is 21.6. The SMILES string of the molecule is CC[N+](CC)(CC)Cc1cc2c(cc1C)nc1c(=O)[nH]c(=O)nc-1n2CC(OC(C)=O)C(OC(C)=O)C(COC(C)=O)OC(C)=O.[Br-]. The summed E-state index contributed by atoms with van der Waals surface area (Å²) in [6.07, 6.45) is -4.27. The summed E-state index contributed by atoms with van der Waals surface area (Å²) in [6.45, 7) is 15.3. The Morgan fingerprint density at radius 1 is 0.851 bits per heavy atom. The number of quaternary nitrogens is 1. The summed E-state index contributed by atoms with van der Waals surface area (Å²) < 4.78 is 23.9. The van der Waals surface area contributed by atoms with E-state index in [1.54, 1.807) is 0 Å². The molecule has 2 aliphatic rings. The Morgan fingerprint density at radius 3 is 1.96 bits per heavy atom. The lowest BCUT2D eigenvalue weighted by molar-refractivity contribution is -0.936. The summed E-state index contributed by atoms with van der Waals surface area (Å²) in [5.41, 5.74) is 0.902. The second-order valence-corrected chi connectivity index (χ2v) is 11.2. The van der Waals surface area contributed by atoms with Crippen molar-refractivity contribution in [1.29, 1.82) is 0 Å². The molecule has 3 unspecified atom stereocenters. The molecule has 1 aromatic carbocycles. The van der Waals surface area contributed by atoms with Crippen LogP contribution in [0.15, 0.2) is 21.7 Å². The maximum Gasteiger partial charge on any atom is 0.349 e. The zero-order chi connectivity index (χ0) is 34.3. The number of rotatable bonds is 14. The van der Waals surface area contributed by atoms with Gasteiger partial charge >= 0.3 is 29.6 Å². The summed E-state index contributed by atoms with van der Waals surface area (Å²) in [4.78, 5) is 84.6. The molecular formula is C31H42BrN5O10. The Morgan fingerprint density at radius 2 is 1.43 bits per heavy atom. The Kier molecular flexibility index (Phi) is 13.8. The van der Waals surface area contributed by atoms with Crippen LogP contribution in [0, 0.1) is 6.92 Å². The monoisotopic (exact) mass is 723 g/mol. The fourth-order valence-corrected chi connectivity index (χ4v) is 5.50. The molecular weight excluding hydrogens is 682 g/mol. The molecule has 258 valence electrons. The smallest absolute Gasteiger partial charge is 0.349 e. The van der Waals surface area contributed by atoms with Gasteiger partial charge in [0.05, 0.1) is 37.2 Å². The van der Waals surface area contributed by atoms with E-state index in [4.69, 9.17) is 18.9 Å². The van der Waals surface area contributed by atoms with E-state index in [0.717, 1.165) is 62.9 Å². The van der Waals surface area contributed by atoms with Gasteiger partial charge in [0.2, 0.25) is 0 Å². The van der Waals surface area contributed by atoms with Gasteiger partial charge in [-0.1, -0.05) is 0 Å². The third-order valence-corrected chi connectivity index (χ3v) is 8.07. The first-order valence-electron chi connectivity index (χ1n) is 15.1. The quantitative estimate of drug-likeness (QED) is 0.0892. The van der Waals surface area contributed by atoms with Crippen LogP contribution < -0.4 is 28.2 Å². The second-order valence-electron chi connectivity index (χ2n) is 11.2. The molecule has 1 aromatic rings. The maximum atomic E-state index is 12.9. The number of ether oxygens (including phenoxy) is 4. The summed E-state index contributed by atoms with van der Waals surface area (Å²) in [5.74, 6) is -3.17. The minimum Gasteiger partial charge on any atom is -1.00 e. The van der Waals surface area contributed by atoms with Crippen LogP contribution in [0.4, 0.5) is 0 Å². The molecule has 16 heteroatoms. The zero-order valence-electron chi connectivity index (χ0n) is 27.9. The van der Waals surface area contributed by atoms with E-state index < -0.39 is 60.0 Å². The molecule has 0 spiro atoms. The number of carbonyl (C=O) groups is 4. The minimum absolute atomic E-state index is 0. The number of carbonyl (C=O) groups excluding carboxylic acids is 4. The number of aromatic nitrogens is 4. The number of H-pyrrole nitrogens is 1. The molecule has 0 saturated carbocycles. The molecule has 15 nitrogen and oxygen atoms in total. The lowest BCUT2D eigenvalue weighted by Crippen LogP contribution is -3.00. The highest BCUT2D eigenvalue weighted by Gasteiger charge is 2.39. The van der Waals surface area contributed by atoms with Crippen LogP contribution >= 0.6 is 0 Å². The third kappa shape index (κ3) is 9.67. The average molecular weight is 725 g/mol. The van der Waals surface area contributed by atoms with Gasteiger partial charge in [-0.15, -0.1) is 0 Å². The molecule has 0 saturated heterocycles. The number of benzene rings is 1. The van der Waals surface area contributed by atoms with Crippen molar-refractivity contribution in [1.82, 2.24) is 19.5 Å². The molecule has 3 rings (SSSR count). The fourth-order valence-electron chi connectivity index (χ4n) is 5.50. The Hall–Kier alpha value is -4.18. The van der Waals surface area contributed by atoms with Crippen molar-refractivity contribution < 1.29 is 59.6 Å². The van der Waals surface area contributed by atoms with Crippen molar-refractivity contribution in [2.24, 2.45) is 0 Å². The second kappa shape index (κ2) is 16.6. The number of aryl methyl sites for hydroxylation is 1. The number of aromatic amines is 1. The Labute approximate surface area is 282 Å². The summed E-state index contributed by atoms with van der Waals surface area (Å²) in [5, 5.41) is 0. The van der Waals surface area contributed by atoms with Crippen LogP contribution in [0.5, 0.6) is 0 Å². The molecule has 0 aromatic heterocycles. The highest BCUT2D eigenvalue weighted by atomic mass is 79.9. The summed E-state index contributed by atoms with van der Waals surface area (Å²) in [7, 11) is 0. The zero-order valence-corrected chi connectivity index (χ0v) is 29.5. The highest BCUT2D eigenvalue weighted by molar-refractivity contribution is 5.81. The van der Waals surface area contributed by atoms with Gasteiger partial charge < -0.3 is 45.0 Å². The normalized spacial score (nSPS) is 13.3. The molecule has 47 heavy (non-hydrogen) atoms. The number of hydrogen-bond acceptors (Lipinski definition) is 12. The van der Waals surface area contributed by atoms with Gasteiger partial charge in [-0.2, -0.15) is 4.98 Å². The predicted molar refractivity (Wildman–Crippen MR) is 165 cm³/mol. The van der Waals surface area contributed by atoms with Crippen molar-refractivity contribution in [2.75, 3.05) is 26.2 Å². The number of nitrogens with zero attached hydrogens (tertiary/aromatic N) is 4. The van der Waals surface area contributed by atoms with E-state index in [9.17, 15) is 28.8 Å². The third-order valence-electron chi connectivity index (χ3n) is 8.07. The van der Waals surface area contributed by atoms with E-state index >= 15 is 0 Å². The number of hydrogen-bond donors (Lipinski definition) is 1. The van der Waals surface area contributed by atoms with E-state index in [-0.39, 0.29) is 35.0 Å². The predicted octanol–water partition coefficient (Wildman–Crippen LogP) is -1.37. The first kappa shape index (κ1) is 39.0. The minimum atomic E-state index is -1.49. The van der Waals surface area contributed by atoms with Crippen LogP contribution in [0.25, 0.3) is 22.6 Å². The first-order valence-corrected chi connectivity index (χ1v) is 15.1. The summed E-state index contributed by atoms with van der Waals surface area (Å²) >= 11 is 0. The van der Waals surface area contributed by atoms with Gasteiger partial charge in [0, 0.05) is 33.3 Å². The topological polar surface area (TPSA) is 186 Å². The van der Waals surface area contributed by atoms with Crippen molar-refractivity contribution in [3.05, 3.63) is 44.1 Å². The fraction of sp³-hybridized carbons (Fsp3) is 0.548. The molecule has 0 bridgehead atoms. The molecule has 2 heterocycles. The molecule has 3 atom stereocenters. The van der Waals surface area contributed by atoms with Crippen molar-refractivity contribution in [2.45, 2.75) is 86.8 Å². The van der Waals surface area contributed by atoms with Crippen molar-refractivity contribution in [3.8, 4) is 11.5 Å². The standard InChI is InChI=1S/C31H41N5O10.BrH/c1-9-36(10-2,11-3)15-22-13-24-23(12-17(22)4)32-27-29(33-31(42)34-30(27)41)35(24)14-25(44-19(6)38)28(46-21(8)40)26(45-20(7)39)16-43-18(5)37;/h12-13,25-26,28H,9-11,14-16H2,1-8H3;1H. The number of esters is 4. The number of halogens is 1. The summed E-state index contributed by atoms with van der Waals surface area (Å²) in [6, 6.07) is 3.72. The van der Waals surface area contributed by atoms with Crippen LogP contribution in [0.3, 0.4) is 0 Å². The van der Waals surface area contributed by atoms with Gasteiger partial charge in [-0.25, -0.2) is 9.78 Å². The lowest BCUT2D eigenvalue weighted by Gasteiger charge is -2.36. The maximum absolute atomic E-state index is 12.9. The number of nitrogens with one attached hydrogen (secondary N) is 1. The van der Waals surface area contributed by atoms with Crippen molar-refractivity contribution in [3.63, 3.8) is 0 Å². The molecule has 0 amide bonds. The van der Waals surface area contributed by atoms with Crippen LogP contribution in [-0.4, -0.2) is 92.4 Å². The van der Waals surface area contributed by atoms with Gasteiger partial charge in [-0.3, -0.25) is 29.0 Å². The van der Waals surface area contributed by atoms with Gasteiger partial charge in [0.25, 0.3) is 5.56 Å². The largest absolute Gasteiger partial charge is 1.00 e. The van der Waals surface area contributed by atoms with Gasteiger partial charge in [-0.05, 0) is 45.4 Å². The van der Waals surface area contributed by atoms with E-state index in [2.05, 4.69) is 35.7 Å². The lowest BCUT2D eigenvalue weighted by atomic mass is 10.0. The van der Waals surface area contributed by atoms with E-state index in [0.29, 0.717) is 17.6 Å². The van der Waals surface area contributed by atoms with Crippen LogP contribution in [0.1, 0.15) is 59.6 Å². The van der Waals surface area contributed by atoms with Gasteiger partial charge in [0.1, 0.15) is 13.2 Å². The number of fused-ring (bicyclic) bond motifs is 2. The van der Waals surface area contributed by atoms with E-state index in [1.807, 2.05) is 19.1 Å². The van der Waals surface area contributed by atoms with Crippen LogP contribution in [0.2, 0.25) is 0 Å². The molecule has 1 N–H and O–H groups in total. The molecule has 2 aliphatic heterocycles. The van der Waals surface area contributed by atoms with Gasteiger partial charge in [0.15, 0.2) is 29.8 Å².